The minimum absolute atomic E-state index is 0.0197. The Morgan fingerprint density at radius 1 is 0.609 bits per heavy atom. The number of ether oxygens (including phenoxy) is 2. The summed E-state index contributed by atoms with van der Waals surface area (Å²) < 4.78 is 11.9. The molecular weight excluding hydrogens is 881 g/mol. The lowest BCUT2D eigenvalue weighted by molar-refractivity contribution is -0.145. The van der Waals surface area contributed by atoms with Crippen LogP contribution in [0, 0.1) is 0 Å². The van der Waals surface area contributed by atoms with E-state index in [9.17, 15) is 33.6 Å². The van der Waals surface area contributed by atoms with Crippen LogP contribution in [0.2, 0.25) is 0 Å². The molecular formula is C52H62N8O9. The van der Waals surface area contributed by atoms with Crippen LogP contribution in [-0.4, -0.2) is 94.1 Å². The average Bonchev–Trinajstić information content (AvgIpc) is 3.74. The number of methoxy groups -OCH3 is 1. The number of carbonyl (C=O) groups excluding carboxylic acids is 7. The van der Waals surface area contributed by atoms with Crippen molar-refractivity contribution in [3.05, 3.63) is 162 Å². The Labute approximate surface area is 402 Å². The number of nitrogens with zero attached hydrogens (tertiary/aromatic N) is 2. The van der Waals surface area contributed by atoms with Gasteiger partial charge in [0.25, 0.3) is 0 Å². The van der Waals surface area contributed by atoms with Crippen molar-refractivity contribution in [2.45, 2.75) is 102 Å². The van der Waals surface area contributed by atoms with Gasteiger partial charge in [0.2, 0.25) is 29.5 Å². The predicted molar refractivity (Wildman–Crippen MR) is 258 cm³/mol. The van der Waals surface area contributed by atoms with E-state index in [0.29, 0.717) is 28.8 Å². The third kappa shape index (κ3) is 14.8. The van der Waals surface area contributed by atoms with Crippen LogP contribution in [0.5, 0.6) is 0 Å². The fourth-order valence-electron chi connectivity index (χ4n) is 7.61. The molecule has 0 fully saturated rings. The van der Waals surface area contributed by atoms with Crippen molar-refractivity contribution in [2.75, 3.05) is 7.11 Å². The zero-order valence-electron chi connectivity index (χ0n) is 40.0. The molecule has 1 heterocycles. The molecule has 0 aliphatic heterocycles. The van der Waals surface area contributed by atoms with Crippen LogP contribution in [0.1, 0.15) is 75.4 Å². The second-order valence-corrected chi connectivity index (χ2v) is 17.6. The molecule has 0 saturated heterocycles. The van der Waals surface area contributed by atoms with Crippen LogP contribution in [-0.2, 0) is 63.7 Å². The van der Waals surface area contributed by atoms with Crippen LogP contribution in [0.3, 0.4) is 0 Å². The van der Waals surface area contributed by atoms with Gasteiger partial charge in [-0.2, -0.15) is 0 Å². The summed E-state index contributed by atoms with van der Waals surface area (Å²) in [5.74, 6) is -4.60. The van der Waals surface area contributed by atoms with Crippen molar-refractivity contribution in [1.29, 1.82) is 0 Å². The Morgan fingerprint density at radius 3 is 1.58 bits per heavy atom. The summed E-state index contributed by atoms with van der Waals surface area (Å²) in [5, 5.41) is 16.4. The summed E-state index contributed by atoms with van der Waals surface area (Å²) in [6.45, 7) is 7.84. The fourth-order valence-corrected chi connectivity index (χ4v) is 7.61. The van der Waals surface area contributed by atoms with Gasteiger partial charge in [-0.1, -0.05) is 121 Å². The van der Waals surface area contributed by atoms with Gasteiger partial charge in [0.1, 0.15) is 41.3 Å². The van der Waals surface area contributed by atoms with Crippen LogP contribution >= 0.6 is 0 Å². The highest BCUT2D eigenvalue weighted by Crippen LogP contribution is 2.37. The Kier molecular flexibility index (Phi) is 18.3. The summed E-state index contributed by atoms with van der Waals surface area (Å²) >= 11 is 0. The van der Waals surface area contributed by atoms with Crippen molar-refractivity contribution < 1.29 is 43.0 Å². The second-order valence-electron chi connectivity index (χ2n) is 17.6. The van der Waals surface area contributed by atoms with Gasteiger partial charge in [0.15, 0.2) is 0 Å². The highest BCUT2D eigenvalue weighted by atomic mass is 16.6. The molecule has 5 aromatic rings. The zero-order valence-corrected chi connectivity index (χ0v) is 40.0. The van der Waals surface area contributed by atoms with Gasteiger partial charge >= 0.3 is 12.1 Å². The largest absolute Gasteiger partial charge is 0.467 e. The van der Waals surface area contributed by atoms with Crippen LogP contribution < -0.4 is 31.9 Å². The maximum absolute atomic E-state index is 14.8. The molecule has 364 valence electrons. The molecule has 0 spiro atoms. The number of hydrogen-bond acceptors (Lipinski definition) is 10. The predicted octanol–water partition coefficient (Wildman–Crippen LogP) is 4.14. The monoisotopic (exact) mass is 942 g/mol. The molecule has 69 heavy (non-hydrogen) atoms. The summed E-state index contributed by atoms with van der Waals surface area (Å²) in [4.78, 5) is 101. The van der Waals surface area contributed by atoms with Gasteiger partial charge in [0.05, 0.1) is 19.9 Å². The van der Waals surface area contributed by atoms with Gasteiger partial charge < -0.3 is 45.9 Å². The third-order valence-corrected chi connectivity index (χ3v) is 11.2. The maximum atomic E-state index is 14.8. The Hall–Kier alpha value is -7.82. The number of nitrogens with one attached hydrogen (secondary N) is 6. The molecule has 6 N–H and O–H groups in total. The maximum Gasteiger partial charge on any atom is 0.408 e. The minimum atomic E-state index is -1.63. The lowest BCUT2D eigenvalue weighted by atomic mass is 9.77. The number of benzene rings is 4. The van der Waals surface area contributed by atoms with Crippen molar-refractivity contribution in [3.8, 4) is 0 Å². The molecule has 0 saturated carbocycles. The first kappa shape index (κ1) is 52.2. The van der Waals surface area contributed by atoms with Gasteiger partial charge in [0, 0.05) is 25.4 Å². The van der Waals surface area contributed by atoms with Crippen LogP contribution in [0.4, 0.5) is 4.79 Å². The van der Waals surface area contributed by atoms with Gasteiger partial charge in [-0.05, 0) is 69.7 Å². The quantitative estimate of drug-likeness (QED) is 0.0455. The van der Waals surface area contributed by atoms with Crippen molar-refractivity contribution in [2.24, 2.45) is 7.05 Å². The third-order valence-electron chi connectivity index (χ3n) is 11.2. The average molecular weight is 943 g/mol. The van der Waals surface area contributed by atoms with E-state index in [4.69, 9.17) is 9.47 Å². The van der Waals surface area contributed by atoms with Crippen molar-refractivity contribution in [1.82, 2.24) is 41.5 Å². The highest BCUT2D eigenvalue weighted by molar-refractivity contribution is 5.98. The molecule has 5 rings (SSSR count). The number of amides is 6. The number of carbonyl (C=O) groups is 7. The Bertz CT molecular complexity index is 2420. The van der Waals surface area contributed by atoms with E-state index in [0.717, 1.165) is 5.56 Å². The second kappa shape index (κ2) is 24.3. The van der Waals surface area contributed by atoms with Crippen LogP contribution in [0.25, 0.3) is 0 Å². The normalized spacial score (nSPS) is 13.5. The molecule has 0 unspecified atom stereocenters. The van der Waals surface area contributed by atoms with Gasteiger partial charge in [-0.25, -0.2) is 14.6 Å². The van der Waals surface area contributed by atoms with E-state index in [1.807, 2.05) is 121 Å². The SMILES string of the molecule is COC(=O)[C@H](C)NC(=O)[C@H](CCc1ccccc1)NC(=O)[C@H](CC(=O)NC(c1ccccc1)(c1ccccc1)c1ccccc1)NC(=O)[C@@H](C)NC(=O)[C@H](Cc1cncn1C)NC(=O)OC(C)(C)C. The lowest BCUT2D eigenvalue weighted by Gasteiger charge is -2.37. The van der Waals surface area contributed by atoms with E-state index in [2.05, 4.69) is 36.9 Å². The number of hydrogen-bond donors (Lipinski definition) is 6. The molecule has 0 bridgehead atoms. The van der Waals surface area contributed by atoms with Gasteiger partial charge in [-0.3, -0.25) is 24.0 Å². The number of aromatic nitrogens is 2. The van der Waals surface area contributed by atoms with E-state index in [-0.39, 0.29) is 12.8 Å². The standard InChI is InChI=1S/C52H62N8O9/c1-34(54-47(64)42(30-40-32-53-33-60(40)6)58-50(67)69-51(3,4)5)45(62)57-43(48(65)56-41(29-28-36-20-12-8-13-21-36)46(63)55-35(2)49(66)68-7)31-44(61)59-52(37-22-14-9-15-23-37,38-24-16-10-17-25-38)39-26-18-11-19-27-39/h8-27,32-35,41-43H,28-31H2,1-7H3,(H,54,64)(H,55,63)(H,56,65)(H,57,62)(H,58,67)(H,59,61)/t34-,35+,41+,42+,43+/m1/s1. The molecule has 17 heteroatoms. The molecule has 6 amide bonds. The molecule has 5 atom stereocenters. The highest BCUT2D eigenvalue weighted by Gasteiger charge is 2.40. The summed E-state index contributed by atoms with van der Waals surface area (Å²) in [6.07, 6.45) is 1.94. The number of rotatable bonds is 21. The van der Waals surface area contributed by atoms with Crippen LogP contribution in [0.15, 0.2) is 134 Å². The molecule has 4 aromatic carbocycles. The topological polar surface area (TPSA) is 228 Å². The summed E-state index contributed by atoms with van der Waals surface area (Å²) in [5.41, 5.74) is 1.40. The van der Waals surface area contributed by atoms with Crippen molar-refractivity contribution in [3.63, 3.8) is 0 Å². The molecule has 0 aliphatic carbocycles. The number of imidazole rings is 1. The van der Waals surface area contributed by atoms with E-state index in [1.165, 1.54) is 33.5 Å². The smallest absolute Gasteiger partial charge is 0.408 e. The first-order valence-electron chi connectivity index (χ1n) is 22.7. The van der Waals surface area contributed by atoms with E-state index in [1.54, 1.807) is 32.4 Å². The molecule has 1 aromatic heterocycles. The first-order chi connectivity index (χ1) is 32.9. The van der Waals surface area contributed by atoms with E-state index >= 15 is 0 Å². The Morgan fingerprint density at radius 2 is 1.09 bits per heavy atom. The molecule has 0 aliphatic rings. The van der Waals surface area contributed by atoms with Crippen molar-refractivity contribution >= 4 is 41.6 Å². The molecule has 17 nitrogen and oxygen atoms in total. The van der Waals surface area contributed by atoms with Gasteiger partial charge in [-0.15, -0.1) is 0 Å². The summed E-state index contributed by atoms with van der Waals surface area (Å²) in [7, 11) is 2.91. The minimum Gasteiger partial charge on any atom is -0.467 e. The summed E-state index contributed by atoms with van der Waals surface area (Å²) in [6, 6.07) is 30.6. The zero-order chi connectivity index (χ0) is 50.1. The first-order valence-corrected chi connectivity index (χ1v) is 22.7. The molecule has 0 radical (unpaired) electrons. The number of esters is 1. The fraction of sp³-hybridized carbons (Fsp3) is 0.346. The Balaban J connectivity index is 1.48. The lowest BCUT2D eigenvalue weighted by Crippen LogP contribution is -2.59. The van der Waals surface area contributed by atoms with E-state index < -0.39 is 89.4 Å². The number of alkyl carbamates (subject to hydrolysis) is 1. The number of aryl methyl sites for hydroxylation is 2.